The van der Waals surface area contributed by atoms with Gasteiger partial charge < -0.3 is 21.3 Å². The van der Waals surface area contributed by atoms with Gasteiger partial charge in [0.15, 0.2) is 0 Å². The summed E-state index contributed by atoms with van der Waals surface area (Å²) in [5.74, 6) is 1.61. The van der Waals surface area contributed by atoms with Gasteiger partial charge in [-0.25, -0.2) is 9.97 Å². The van der Waals surface area contributed by atoms with Gasteiger partial charge in [0.1, 0.15) is 11.6 Å². The van der Waals surface area contributed by atoms with Gasteiger partial charge in [0.25, 0.3) is 0 Å². The highest BCUT2D eigenvalue weighted by Crippen LogP contribution is 2.63. The first-order valence-electron chi connectivity index (χ1n) is 40.2. The fourth-order valence-corrected chi connectivity index (χ4v) is 18.1. The number of aromatic nitrogens is 2. The molecule has 6 heteroatoms. The molecule has 0 radical (unpaired) electrons. The van der Waals surface area contributed by atoms with E-state index in [2.05, 4.69) is 439 Å². The van der Waals surface area contributed by atoms with Crippen LogP contribution in [0.3, 0.4) is 0 Å². The van der Waals surface area contributed by atoms with Crippen LogP contribution in [0.4, 0.5) is 45.8 Å². The third-order valence-electron chi connectivity index (χ3n) is 23.5. The average molecular weight is 1500 g/mol. The summed E-state index contributed by atoms with van der Waals surface area (Å²) in [6.07, 6.45) is 3.48. The van der Waals surface area contributed by atoms with Gasteiger partial charge in [-0.15, -0.1) is 0 Å². The lowest BCUT2D eigenvalue weighted by Gasteiger charge is -2.34. The summed E-state index contributed by atoms with van der Waals surface area (Å²) in [6.45, 7) is 4.63. The van der Waals surface area contributed by atoms with Crippen LogP contribution >= 0.6 is 0 Å². The molecule has 4 aliphatic carbocycles. The van der Waals surface area contributed by atoms with E-state index in [1.54, 1.807) is 12.4 Å². The maximum Gasteiger partial charge on any atom is 0.131 e. The van der Waals surface area contributed by atoms with Gasteiger partial charge >= 0.3 is 0 Å². The number of hydrogen-bond acceptors (Lipinski definition) is 6. The van der Waals surface area contributed by atoms with Crippen molar-refractivity contribution in [3.63, 3.8) is 0 Å². The monoisotopic (exact) mass is 1500 g/mol. The Bertz CT molecular complexity index is 6210. The molecule has 18 aromatic rings. The predicted molar refractivity (Wildman–Crippen MR) is 488 cm³/mol. The molecular weight excluding hydrogens is 1420 g/mol. The second-order valence-corrected chi connectivity index (χ2v) is 30.6. The zero-order valence-electron chi connectivity index (χ0n) is 65.1. The molecule has 0 fully saturated rings. The van der Waals surface area contributed by atoms with Gasteiger partial charge in [0.2, 0.25) is 0 Å². The zero-order chi connectivity index (χ0) is 78.5. The molecule has 0 atom stereocenters. The molecule has 22 rings (SSSR count). The van der Waals surface area contributed by atoms with Gasteiger partial charge in [-0.05, 0) is 231 Å². The van der Waals surface area contributed by atoms with E-state index in [0.29, 0.717) is 0 Å². The first-order valence-corrected chi connectivity index (χ1v) is 40.2. The second-order valence-electron chi connectivity index (χ2n) is 30.6. The maximum absolute atomic E-state index is 4.12. The Labute approximate surface area is 685 Å². The van der Waals surface area contributed by atoms with Crippen molar-refractivity contribution >= 4 is 45.8 Å². The van der Waals surface area contributed by atoms with E-state index < -0.39 is 0 Å². The number of hydrogen-bond donors (Lipinski definition) is 4. The molecule has 16 aromatic carbocycles. The molecule has 0 aliphatic heterocycles. The summed E-state index contributed by atoms with van der Waals surface area (Å²) >= 11 is 0. The molecule has 2 aromatic heterocycles. The van der Waals surface area contributed by atoms with Crippen LogP contribution in [-0.4, -0.2) is 9.97 Å². The molecular formula is C111H84N6. The lowest BCUT2D eigenvalue weighted by molar-refractivity contribution is 0.660. The lowest BCUT2D eigenvalue weighted by atomic mass is 9.67. The van der Waals surface area contributed by atoms with Crippen molar-refractivity contribution in [3.05, 3.63) is 505 Å². The number of fused-ring (bicyclic) bond motifs is 16. The summed E-state index contributed by atoms with van der Waals surface area (Å²) in [6, 6.07) is 156. The second kappa shape index (κ2) is 31.5. The van der Waals surface area contributed by atoms with Crippen molar-refractivity contribution in [2.75, 3.05) is 21.3 Å². The minimum absolute atomic E-state index is 0.0286. The van der Waals surface area contributed by atoms with Crippen LogP contribution in [0.5, 0.6) is 0 Å². The van der Waals surface area contributed by atoms with Gasteiger partial charge in [-0.1, -0.05) is 354 Å². The van der Waals surface area contributed by atoms with Crippen LogP contribution < -0.4 is 21.3 Å². The van der Waals surface area contributed by atoms with Crippen molar-refractivity contribution in [1.29, 1.82) is 0 Å². The first-order chi connectivity index (χ1) is 57.7. The molecule has 0 unspecified atom stereocenters. The number of nitrogens with zero attached hydrogens (tertiary/aromatic N) is 2. The quantitative estimate of drug-likeness (QED) is 0.0922. The Balaban J connectivity index is 0.000000109. The van der Waals surface area contributed by atoms with E-state index in [1.807, 2.05) is 42.5 Å². The highest BCUT2D eigenvalue weighted by molar-refractivity contribution is 5.96. The Morgan fingerprint density at radius 1 is 0.179 bits per heavy atom. The normalized spacial score (nSPS) is 12.9. The molecule has 0 bridgehead atoms. The Kier molecular flexibility index (Phi) is 19.5. The summed E-state index contributed by atoms with van der Waals surface area (Å²) in [5, 5.41) is 14.0. The maximum atomic E-state index is 4.12. The molecule has 0 saturated heterocycles. The number of pyridine rings is 2. The van der Waals surface area contributed by atoms with Crippen LogP contribution in [0.15, 0.2) is 449 Å². The largest absolute Gasteiger partial charge is 0.356 e. The summed E-state index contributed by atoms with van der Waals surface area (Å²) < 4.78 is 0. The minimum atomic E-state index is -0.386. The van der Waals surface area contributed by atoms with E-state index >= 15 is 0 Å². The van der Waals surface area contributed by atoms with E-state index in [9.17, 15) is 0 Å². The summed E-state index contributed by atoms with van der Waals surface area (Å²) in [5.41, 5.74) is 37.4. The van der Waals surface area contributed by atoms with E-state index in [4.69, 9.17) is 0 Å². The van der Waals surface area contributed by atoms with Crippen LogP contribution in [0.2, 0.25) is 0 Å². The summed E-state index contributed by atoms with van der Waals surface area (Å²) in [7, 11) is 0. The highest BCUT2D eigenvalue weighted by atomic mass is 15.0. The van der Waals surface area contributed by atoms with Crippen LogP contribution in [0.25, 0.3) is 77.9 Å². The Morgan fingerprint density at radius 3 is 0.769 bits per heavy atom. The van der Waals surface area contributed by atoms with Crippen LogP contribution in [0.1, 0.15) is 69.5 Å². The third-order valence-corrected chi connectivity index (χ3v) is 23.5. The topological polar surface area (TPSA) is 73.9 Å². The van der Waals surface area contributed by atoms with Crippen LogP contribution in [-0.2, 0) is 16.2 Å². The van der Waals surface area contributed by atoms with E-state index in [0.717, 1.165) is 45.8 Å². The smallest absolute Gasteiger partial charge is 0.131 e. The minimum Gasteiger partial charge on any atom is -0.356 e. The highest BCUT2D eigenvalue weighted by Gasteiger charge is 2.52. The molecule has 117 heavy (non-hydrogen) atoms. The molecule has 558 valence electrons. The summed E-state index contributed by atoms with van der Waals surface area (Å²) in [4.78, 5) is 8.25. The van der Waals surface area contributed by atoms with E-state index in [1.165, 1.54) is 134 Å². The Hall–Kier alpha value is -15.0. The van der Waals surface area contributed by atoms with Crippen molar-refractivity contribution in [2.24, 2.45) is 0 Å². The van der Waals surface area contributed by atoms with E-state index in [-0.39, 0.29) is 16.2 Å². The molecule has 4 N–H and O–H groups in total. The fourth-order valence-electron chi connectivity index (χ4n) is 18.1. The number of anilines is 8. The number of nitrogens with one attached hydrogen (secondary N) is 4. The molecule has 1 spiro atoms. The molecule has 6 nitrogen and oxygen atoms in total. The molecule has 0 amide bonds. The molecule has 4 aliphatic rings. The van der Waals surface area contributed by atoms with Gasteiger partial charge in [0.05, 0.1) is 10.8 Å². The Morgan fingerprint density at radius 2 is 0.427 bits per heavy atom. The standard InChI is InChI=1S/C37H25N.C37H27N.C27H23N.C10H9N3/c1-2-10-25(11-3-1)26-18-20-27(21-19-26)38-28-22-23-32-31-14-6-9-17-35(31)37(36(32)24-28)33-15-7-4-12-29(33)30-13-5-8-16-34(30)37;1-4-12-27(13-5-1)28-20-22-31(23-21-28)38-32-24-25-34-33-18-10-11-19-35(33)37(36(34)26-32,29-14-6-2-7-15-29)30-16-8-3-9-17-30;1-27(2)25-11-7-6-10-23(25)24-17-16-22(18-26(24)27)28-21-14-12-20(13-15-21)19-8-4-3-5-9-19;1-3-7-11-9(5-1)13-10-6-2-4-8-12-10/h1-24,38H;1-26,38H;3-18,28H,1-2H3;1-8H,(H,11,12,13). The van der Waals surface area contributed by atoms with Crippen molar-refractivity contribution < 1.29 is 0 Å². The first kappa shape index (κ1) is 72.3. The van der Waals surface area contributed by atoms with Crippen molar-refractivity contribution in [3.8, 4) is 77.9 Å². The number of benzene rings is 16. The lowest BCUT2D eigenvalue weighted by Crippen LogP contribution is -2.28. The van der Waals surface area contributed by atoms with Gasteiger partial charge in [-0.3, -0.25) is 0 Å². The average Bonchev–Trinajstić information content (AvgIpc) is 1.51. The SMILES string of the molecule is CC1(C)c2ccccc2-c2ccc(Nc3ccc(-c4ccccc4)cc3)cc21.c1ccc(-c2ccc(Nc3ccc4c(c3)C(c3ccccc3)(c3ccccc3)c3ccccc3-4)cc2)cc1.c1ccc(-c2ccc(Nc3ccc4c(c3)C3(c5ccccc5-c5ccccc53)c3ccccc3-4)cc2)cc1.c1ccc(Nc2ccccn2)nc1. The third kappa shape index (κ3) is 13.7. The van der Waals surface area contributed by atoms with Crippen molar-refractivity contribution in [1.82, 2.24) is 9.97 Å². The number of rotatable bonds is 13. The molecule has 0 saturated carbocycles. The fraction of sp³-hybridized carbons (Fsp3) is 0.0450. The van der Waals surface area contributed by atoms with Crippen molar-refractivity contribution in [2.45, 2.75) is 30.1 Å². The van der Waals surface area contributed by atoms with Crippen LogP contribution in [0, 0.1) is 0 Å². The van der Waals surface area contributed by atoms with Gasteiger partial charge in [-0.2, -0.15) is 0 Å². The van der Waals surface area contributed by atoms with Gasteiger partial charge in [0, 0.05) is 51.9 Å². The predicted octanol–water partition coefficient (Wildman–Crippen LogP) is 28.5. The zero-order valence-corrected chi connectivity index (χ0v) is 65.1. The molecule has 2 heterocycles.